The van der Waals surface area contributed by atoms with Crippen molar-refractivity contribution in [1.29, 1.82) is 0 Å². The molecule has 1 N–H and O–H groups in total. The fourth-order valence-corrected chi connectivity index (χ4v) is 4.65. The normalized spacial score (nSPS) is 15.3. The van der Waals surface area contributed by atoms with Gasteiger partial charge in [0.15, 0.2) is 0 Å². The van der Waals surface area contributed by atoms with Crippen LogP contribution in [0.25, 0.3) is 10.9 Å². The summed E-state index contributed by atoms with van der Waals surface area (Å²) in [5.41, 5.74) is 2.08. The van der Waals surface area contributed by atoms with Crippen LogP contribution in [-0.2, 0) is 10.2 Å². The molecule has 0 spiro atoms. The van der Waals surface area contributed by atoms with Crippen molar-refractivity contribution in [3.8, 4) is 11.5 Å². The van der Waals surface area contributed by atoms with E-state index in [9.17, 15) is 4.79 Å². The van der Waals surface area contributed by atoms with Gasteiger partial charge < -0.3 is 14.8 Å². The molecule has 4 rings (SSSR count). The minimum atomic E-state index is -0.532. The van der Waals surface area contributed by atoms with E-state index in [0.717, 1.165) is 72.2 Å². The van der Waals surface area contributed by atoms with Gasteiger partial charge in [-0.3, -0.25) is 9.78 Å². The van der Waals surface area contributed by atoms with Gasteiger partial charge in [0.2, 0.25) is 5.91 Å². The molecule has 3 aromatic rings. The lowest BCUT2D eigenvalue weighted by Gasteiger charge is -2.36. The zero-order valence-corrected chi connectivity index (χ0v) is 19.0. The number of rotatable bonds is 8. The Bertz CT molecular complexity index is 1060. The van der Waals surface area contributed by atoms with Crippen LogP contribution in [-0.4, -0.2) is 24.6 Å². The molecule has 5 heteroatoms. The fourth-order valence-electron chi connectivity index (χ4n) is 4.65. The molecule has 1 heterocycles. The lowest BCUT2D eigenvalue weighted by atomic mass is 9.68. The van der Waals surface area contributed by atoms with Crippen LogP contribution in [0.1, 0.15) is 57.4 Å². The average Bonchev–Trinajstić information content (AvgIpc) is 2.85. The quantitative estimate of drug-likeness (QED) is 0.427. The summed E-state index contributed by atoms with van der Waals surface area (Å²) >= 11 is 0. The number of benzene rings is 2. The number of amides is 1. The van der Waals surface area contributed by atoms with Crippen LogP contribution in [0, 0.1) is 0 Å². The first-order valence-electron chi connectivity index (χ1n) is 11.6. The number of unbranched alkanes of at least 4 members (excludes halogenated alkanes) is 1. The van der Waals surface area contributed by atoms with Gasteiger partial charge in [0.05, 0.1) is 24.8 Å². The van der Waals surface area contributed by atoms with Crippen molar-refractivity contribution in [3.05, 3.63) is 60.3 Å². The van der Waals surface area contributed by atoms with E-state index in [1.165, 1.54) is 6.42 Å². The monoisotopic (exact) mass is 432 g/mol. The van der Waals surface area contributed by atoms with Crippen LogP contribution in [0.2, 0.25) is 0 Å². The zero-order chi connectivity index (χ0) is 22.4. The van der Waals surface area contributed by atoms with E-state index in [2.05, 4.69) is 17.2 Å². The van der Waals surface area contributed by atoms with E-state index >= 15 is 0 Å². The molecule has 1 fully saturated rings. The van der Waals surface area contributed by atoms with E-state index in [-0.39, 0.29) is 5.91 Å². The number of hydrogen-bond acceptors (Lipinski definition) is 4. The Morgan fingerprint density at radius 3 is 2.56 bits per heavy atom. The zero-order valence-electron chi connectivity index (χ0n) is 19.0. The molecule has 0 atom stereocenters. The first-order valence-corrected chi connectivity index (χ1v) is 11.6. The third kappa shape index (κ3) is 4.43. The first-order chi connectivity index (χ1) is 15.7. The third-order valence-corrected chi connectivity index (χ3v) is 6.52. The Hall–Kier alpha value is -3.08. The van der Waals surface area contributed by atoms with E-state index in [1.807, 2.05) is 48.5 Å². The van der Waals surface area contributed by atoms with Crippen molar-refractivity contribution in [1.82, 2.24) is 4.98 Å². The Balaban J connectivity index is 1.65. The highest BCUT2D eigenvalue weighted by molar-refractivity contribution is 6.06. The largest absolute Gasteiger partial charge is 0.497 e. The highest BCUT2D eigenvalue weighted by Crippen LogP contribution is 2.41. The summed E-state index contributed by atoms with van der Waals surface area (Å²) in [6.45, 7) is 2.80. The van der Waals surface area contributed by atoms with Gasteiger partial charge in [0, 0.05) is 11.6 Å². The maximum atomic E-state index is 13.8. The molecule has 2 aromatic carbocycles. The number of nitrogens with one attached hydrogen (secondary N) is 1. The second kappa shape index (κ2) is 10.0. The van der Waals surface area contributed by atoms with E-state index in [4.69, 9.17) is 9.47 Å². The number of carbonyl (C=O) groups excluding carboxylic acids is 1. The molecule has 168 valence electrons. The maximum absolute atomic E-state index is 13.8. The SMILES string of the molecule is CCCCOc1ccc(NC(=O)C2(c3ccc(OC)cc3)CCCCC2)c2cccnc12. The average molecular weight is 433 g/mol. The predicted octanol–water partition coefficient (Wildman–Crippen LogP) is 6.26. The molecule has 5 nitrogen and oxygen atoms in total. The number of aromatic nitrogens is 1. The van der Waals surface area contributed by atoms with Crippen molar-refractivity contribution in [3.63, 3.8) is 0 Å². The number of hydrogen-bond donors (Lipinski definition) is 1. The second-order valence-corrected chi connectivity index (χ2v) is 8.54. The van der Waals surface area contributed by atoms with Crippen LogP contribution < -0.4 is 14.8 Å². The minimum Gasteiger partial charge on any atom is -0.497 e. The Labute approximate surface area is 190 Å². The minimum absolute atomic E-state index is 0.0483. The molecule has 0 bridgehead atoms. The second-order valence-electron chi connectivity index (χ2n) is 8.54. The number of carbonyl (C=O) groups is 1. The Kier molecular flexibility index (Phi) is 6.93. The lowest BCUT2D eigenvalue weighted by molar-refractivity contribution is -0.122. The molecule has 1 aromatic heterocycles. The fraction of sp³-hybridized carbons (Fsp3) is 0.407. The molecule has 1 saturated carbocycles. The summed E-state index contributed by atoms with van der Waals surface area (Å²) in [5.74, 6) is 1.61. The lowest BCUT2D eigenvalue weighted by Crippen LogP contribution is -2.42. The third-order valence-electron chi connectivity index (χ3n) is 6.52. The smallest absolute Gasteiger partial charge is 0.235 e. The molecule has 0 radical (unpaired) electrons. The number of ether oxygens (including phenoxy) is 2. The number of pyridine rings is 1. The number of nitrogens with zero attached hydrogens (tertiary/aromatic N) is 1. The van der Waals surface area contributed by atoms with Gasteiger partial charge >= 0.3 is 0 Å². The van der Waals surface area contributed by atoms with Crippen LogP contribution in [0.5, 0.6) is 11.5 Å². The van der Waals surface area contributed by atoms with Gasteiger partial charge in [0.1, 0.15) is 17.0 Å². The molecule has 1 amide bonds. The van der Waals surface area contributed by atoms with Crippen LogP contribution in [0.15, 0.2) is 54.7 Å². The topological polar surface area (TPSA) is 60.5 Å². The Morgan fingerprint density at radius 1 is 1.06 bits per heavy atom. The molecule has 0 saturated heterocycles. The number of anilines is 1. The van der Waals surface area contributed by atoms with Crippen molar-refractivity contribution in [2.75, 3.05) is 19.0 Å². The van der Waals surface area contributed by atoms with Gasteiger partial charge in [0.25, 0.3) is 0 Å². The highest BCUT2D eigenvalue weighted by atomic mass is 16.5. The van der Waals surface area contributed by atoms with Crippen molar-refractivity contribution in [2.24, 2.45) is 0 Å². The molecular weight excluding hydrogens is 400 g/mol. The molecule has 1 aliphatic rings. The number of methoxy groups -OCH3 is 1. The summed E-state index contributed by atoms with van der Waals surface area (Å²) in [5, 5.41) is 4.15. The van der Waals surface area contributed by atoms with Crippen LogP contribution in [0.3, 0.4) is 0 Å². The highest BCUT2D eigenvalue weighted by Gasteiger charge is 2.41. The summed E-state index contributed by atoms with van der Waals surface area (Å²) in [6.07, 6.45) is 8.80. The Morgan fingerprint density at radius 2 is 1.84 bits per heavy atom. The van der Waals surface area contributed by atoms with E-state index in [1.54, 1.807) is 13.3 Å². The van der Waals surface area contributed by atoms with Gasteiger partial charge in [-0.2, -0.15) is 0 Å². The number of fused-ring (bicyclic) bond motifs is 1. The standard InChI is InChI=1S/C27H32N2O3/c1-3-4-19-32-24-15-14-23(22-9-8-18-28-25(22)24)29-26(30)27(16-6-5-7-17-27)20-10-12-21(31-2)13-11-20/h8-15,18H,3-7,16-17,19H2,1-2H3,(H,29,30). The van der Waals surface area contributed by atoms with Gasteiger partial charge in [-0.1, -0.05) is 44.7 Å². The van der Waals surface area contributed by atoms with Crippen molar-refractivity contribution >= 4 is 22.5 Å². The summed E-state index contributed by atoms with van der Waals surface area (Å²) in [6, 6.07) is 15.7. The maximum Gasteiger partial charge on any atom is 0.235 e. The van der Waals surface area contributed by atoms with Crippen LogP contribution in [0.4, 0.5) is 5.69 Å². The predicted molar refractivity (Wildman–Crippen MR) is 129 cm³/mol. The molecule has 0 aliphatic heterocycles. The summed E-state index contributed by atoms with van der Waals surface area (Å²) in [4.78, 5) is 18.3. The summed E-state index contributed by atoms with van der Waals surface area (Å²) < 4.78 is 11.3. The molecular formula is C27H32N2O3. The van der Waals surface area contributed by atoms with E-state index < -0.39 is 5.41 Å². The molecule has 0 unspecified atom stereocenters. The molecule has 1 aliphatic carbocycles. The molecule has 32 heavy (non-hydrogen) atoms. The van der Waals surface area contributed by atoms with Crippen molar-refractivity contribution < 1.29 is 14.3 Å². The van der Waals surface area contributed by atoms with Crippen molar-refractivity contribution in [2.45, 2.75) is 57.3 Å². The first kappa shape index (κ1) is 22.1. The van der Waals surface area contributed by atoms with Crippen LogP contribution >= 0.6 is 0 Å². The van der Waals surface area contributed by atoms with Gasteiger partial charge in [-0.15, -0.1) is 0 Å². The van der Waals surface area contributed by atoms with Gasteiger partial charge in [-0.25, -0.2) is 0 Å². The van der Waals surface area contributed by atoms with E-state index in [0.29, 0.717) is 6.61 Å². The van der Waals surface area contributed by atoms with Gasteiger partial charge in [-0.05, 0) is 61.2 Å². The summed E-state index contributed by atoms with van der Waals surface area (Å²) in [7, 11) is 1.66.